The lowest BCUT2D eigenvalue weighted by molar-refractivity contribution is 0.0696. The first-order valence-electron chi connectivity index (χ1n) is 6.44. The SMILES string of the molecule is Cc1ccccc1Cc1nc(-c2cc(C(=O)O)co2)cs1. The minimum atomic E-state index is -1.000. The topological polar surface area (TPSA) is 63.3 Å². The second kappa shape index (κ2) is 5.54. The zero-order valence-corrected chi connectivity index (χ0v) is 12.2. The van der Waals surface area contributed by atoms with Crippen molar-refractivity contribution in [2.24, 2.45) is 0 Å². The largest absolute Gasteiger partial charge is 0.478 e. The molecule has 3 rings (SSSR count). The van der Waals surface area contributed by atoms with Gasteiger partial charge in [-0.25, -0.2) is 9.78 Å². The van der Waals surface area contributed by atoms with Crippen molar-refractivity contribution in [2.45, 2.75) is 13.3 Å². The van der Waals surface area contributed by atoms with E-state index in [2.05, 4.69) is 24.0 Å². The maximum Gasteiger partial charge on any atom is 0.338 e. The first-order chi connectivity index (χ1) is 10.1. The Bertz CT molecular complexity index is 788. The van der Waals surface area contributed by atoms with Crippen LogP contribution in [-0.2, 0) is 6.42 Å². The standard InChI is InChI=1S/C16H13NO3S/c1-10-4-2-3-5-11(10)7-15-17-13(9-21-15)14-6-12(8-20-14)16(18)19/h2-6,8-9H,7H2,1H3,(H,18,19). The van der Waals surface area contributed by atoms with Crippen LogP contribution < -0.4 is 0 Å². The van der Waals surface area contributed by atoms with Gasteiger partial charge in [0.2, 0.25) is 0 Å². The fraction of sp³-hybridized carbons (Fsp3) is 0.125. The predicted molar refractivity (Wildman–Crippen MR) is 80.8 cm³/mol. The van der Waals surface area contributed by atoms with Crippen LogP contribution >= 0.6 is 11.3 Å². The summed E-state index contributed by atoms with van der Waals surface area (Å²) in [5.74, 6) is -0.514. The highest BCUT2D eigenvalue weighted by Crippen LogP contribution is 2.25. The summed E-state index contributed by atoms with van der Waals surface area (Å²) in [5, 5.41) is 11.8. The Labute approximate surface area is 125 Å². The van der Waals surface area contributed by atoms with Crippen LogP contribution in [0.2, 0.25) is 0 Å². The number of carboxylic acid groups (broad SMARTS) is 1. The molecule has 0 saturated heterocycles. The quantitative estimate of drug-likeness (QED) is 0.791. The van der Waals surface area contributed by atoms with Crippen molar-refractivity contribution in [3.05, 3.63) is 63.7 Å². The number of aromatic nitrogens is 1. The second-order valence-electron chi connectivity index (χ2n) is 4.73. The van der Waals surface area contributed by atoms with E-state index >= 15 is 0 Å². The minimum absolute atomic E-state index is 0.137. The lowest BCUT2D eigenvalue weighted by Gasteiger charge is -2.01. The highest BCUT2D eigenvalue weighted by atomic mass is 32.1. The van der Waals surface area contributed by atoms with E-state index in [1.165, 1.54) is 23.5 Å². The van der Waals surface area contributed by atoms with E-state index in [9.17, 15) is 4.79 Å². The van der Waals surface area contributed by atoms with Gasteiger partial charge < -0.3 is 9.52 Å². The summed E-state index contributed by atoms with van der Waals surface area (Å²) in [7, 11) is 0. The van der Waals surface area contributed by atoms with Crippen molar-refractivity contribution in [2.75, 3.05) is 0 Å². The van der Waals surface area contributed by atoms with Crippen molar-refractivity contribution in [3.63, 3.8) is 0 Å². The summed E-state index contributed by atoms with van der Waals surface area (Å²) >= 11 is 1.55. The van der Waals surface area contributed by atoms with Crippen LogP contribution in [0, 0.1) is 6.92 Å². The van der Waals surface area contributed by atoms with Crippen LogP contribution in [0.1, 0.15) is 26.5 Å². The first-order valence-corrected chi connectivity index (χ1v) is 7.32. The molecule has 0 fully saturated rings. The van der Waals surface area contributed by atoms with Crippen LogP contribution in [0.3, 0.4) is 0 Å². The summed E-state index contributed by atoms with van der Waals surface area (Å²) in [4.78, 5) is 15.4. The van der Waals surface area contributed by atoms with E-state index in [0.717, 1.165) is 11.4 Å². The normalized spacial score (nSPS) is 10.7. The summed E-state index contributed by atoms with van der Waals surface area (Å²) in [6, 6.07) is 9.70. The molecular weight excluding hydrogens is 286 g/mol. The molecule has 1 N–H and O–H groups in total. The van der Waals surface area contributed by atoms with E-state index in [-0.39, 0.29) is 5.56 Å². The molecule has 0 aliphatic carbocycles. The van der Waals surface area contributed by atoms with Gasteiger partial charge in [0.15, 0.2) is 5.76 Å². The number of carboxylic acids is 1. The van der Waals surface area contributed by atoms with Crippen molar-refractivity contribution in [1.29, 1.82) is 0 Å². The summed E-state index contributed by atoms with van der Waals surface area (Å²) in [5.41, 5.74) is 3.29. The Kier molecular flexibility index (Phi) is 3.58. The minimum Gasteiger partial charge on any atom is -0.478 e. The van der Waals surface area contributed by atoms with Crippen molar-refractivity contribution >= 4 is 17.3 Å². The van der Waals surface area contributed by atoms with Gasteiger partial charge in [0.05, 0.1) is 10.6 Å². The molecule has 0 bridgehead atoms. The molecule has 5 heteroatoms. The Morgan fingerprint density at radius 2 is 2.19 bits per heavy atom. The van der Waals surface area contributed by atoms with Gasteiger partial charge in [0.1, 0.15) is 12.0 Å². The van der Waals surface area contributed by atoms with E-state index in [0.29, 0.717) is 11.5 Å². The highest BCUT2D eigenvalue weighted by Gasteiger charge is 2.13. The summed E-state index contributed by atoms with van der Waals surface area (Å²) < 4.78 is 5.26. The zero-order chi connectivity index (χ0) is 14.8. The number of nitrogens with zero attached hydrogens (tertiary/aromatic N) is 1. The third-order valence-corrected chi connectivity index (χ3v) is 4.10. The molecule has 0 radical (unpaired) electrons. The fourth-order valence-electron chi connectivity index (χ4n) is 2.06. The van der Waals surface area contributed by atoms with Crippen LogP contribution in [0.15, 0.2) is 46.4 Å². The predicted octanol–water partition coefficient (Wildman–Crippen LogP) is 4.00. The average Bonchev–Trinajstić information content (AvgIpc) is 3.10. The molecule has 0 amide bonds. The molecular formula is C16H13NO3S. The highest BCUT2D eigenvalue weighted by molar-refractivity contribution is 7.10. The van der Waals surface area contributed by atoms with Gasteiger partial charge in [-0.2, -0.15) is 0 Å². The molecule has 3 aromatic rings. The molecule has 2 aromatic heterocycles. The van der Waals surface area contributed by atoms with Gasteiger partial charge in [-0.15, -0.1) is 11.3 Å². The number of benzene rings is 1. The Balaban J connectivity index is 1.83. The Morgan fingerprint density at radius 3 is 2.90 bits per heavy atom. The number of thiazole rings is 1. The van der Waals surface area contributed by atoms with Gasteiger partial charge in [-0.1, -0.05) is 24.3 Å². The van der Waals surface area contributed by atoms with E-state index in [4.69, 9.17) is 9.52 Å². The van der Waals surface area contributed by atoms with Crippen LogP contribution in [0.25, 0.3) is 11.5 Å². The third kappa shape index (κ3) is 2.87. The van der Waals surface area contributed by atoms with E-state index in [1.54, 1.807) is 11.3 Å². The molecule has 0 saturated carbocycles. The molecule has 0 unspecified atom stereocenters. The third-order valence-electron chi connectivity index (χ3n) is 3.25. The van der Waals surface area contributed by atoms with Crippen LogP contribution in [-0.4, -0.2) is 16.1 Å². The maximum atomic E-state index is 10.9. The number of hydrogen-bond donors (Lipinski definition) is 1. The lowest BCUT2D eigenvalue weighted by Crippen LogP contribution is -1.92. The van der Waals surface area contributed by atoms with Crippen molar-refractivity contribution < 1.29 is 14.3 Å². The molecule has 1 aromatic carbocycles. The molecule has 2 heterocycles. The molecule has 106 valence electrons. The number of aryl methyl sites for hydroxylation is 1. The van der Waals surface area contributed by atoms with E-state index in [1.807, 2.05) is 17.5 Å². The number of aromatic carboxylic acids is 1. The summed E-state index contributed by atoms with van der Waals surface area (Å²) in [6.45, 7) is 2.08. The fourth-order valence-corrected chi connectivity index (χ4v) is 2.87. The summed E-state index contributed by atoms with van der Waals surface area (Å²) in [6.07, 6.45) is 2.00. The number of hydrogen-bond acceptors (Lipinski definition) is 4. The molecule has 21 heavy (non-hydrogen) atoms. The molecule has 4 nitrogen and oxygen atoms in total. The van der Waals surface area contributed by atoms with Gasteiger partial charge in [-0.3, -0.25) is 0 Å². The average molecular weight is 299 g/mol. The van der Waals surface area contributed by atoms with Gasteiger partial charge in [0.25, 0.3) is 0 Å². The van der Waals surface area contributed by atoms with Gasteiger partial charge in [-0.05, 0) is 18.1 Å². The molecule has 0 aliphatic rings. The zero-order valence-electron chi connectivity index (χ0n) is 11.4. The first kappa shape index (κ1) is 13.6. The van der Waals surface area contributed by atoms with Crippen molar-refractivity contribution in [3.8, 4) is 11.5 Å². The Hall–Kier alpha value is -2.40. The number of carbonyl (C=O) groups is 1. The van der Waals surface area contributed by atoms with Gasteiger partial charge >= 0.3 is 5.97 Å². The van der Waals surface area contributed by atoms with Crippen LogP contribution in [0.4, 0.5) is 0 Å². The lowest BCUT2D eigenvalue weighted by atomic mass is 10.1. The van der Waals surface area contributed by atoms with Crippen LogP contribution in [0.5, 0.6) is 0 Å². The van der Waals surface area contributed by atoms with E-state index < -0.39 is 5.97 Å². The molecule has 0 spiro atoms. The monoisotopic (exact) mass is 299 g/mol. The molecule has 0 atom stereocenters. The second-order valence-corrected chi connectivity index (χ2v) is 5.68. The smallest absolute Gasteiger partial charge is 0.338 e. The van der Waals surface area contributed by atoms with Gasteiger partial charge in [0, 0.05) is 17.9 Å². The number of rotatable bonds is 4. The molecule has 0 aliphatic heterocycles. The Morgan fingerprint density at radius 1 is 1.38 bits per heavy atom. The van der Waals surface area contributed by atoms with Crippen molar-refractivity contribution in [1.82, 2.24) is 4.98 Å². The maximum absolute atomic E-state index is 10.9. The number of furan rings is 1.